The van der Waals surface area contributed by atoms with Crippen molar-refractivity contribution in [3.05, 3.63) is 41.1 Å². The Labute approximate surface area is 106 Å². The molecule has 1 aromatic rings. The lowest BCUT2D eigenvalue weighted by molar-refractivity contribution is -0.137. The number of amides is 1. The van der Waals surface area contributed by atoms with Gasteiger partial charge in [0.15, 0.2) is 5.11 Å². The fraction of sp³-hybridized carbons (Fsp3) is 0.0909. The van der Waals surface area contributed by atoms with Gasteiger partial charge in [-0.05, 0) is 29.9 Å². The van der Waals surface area contributed by atoms with E-state index >= 15 is 0 Å². The SMILES string of the molecule is O=C1NC(=S)N/C1=C\c1ccccc1C(F)(F)F. The van der Waals surface area contributed by atoms with Gasteiger partial charge in [0, 0.05) is 0 Å². The molecular weight excluding hydrogens is 265 g/mol. The van der Waals surface area contributed by atoms with Gasteiger partial charge in [0.05, 0.1) is 5.56 Å². The Kier molecular flexibility index (Phi) is 3.08. The van der Waals surface area contributed by atoms with Gasteiger partial charge in [-0.25, -0.2) is 0 Å². The molecule has 0 aromatic heterocycles. The van der Waals surface area contributed by atoms with Gasteiger partial charge >= 0.3 is 6.18 Å². The van der Waals surface area contributed by atoms with Crippen LogP contribution >= 0.6 is 12.2 Å². The lowest BCUT2D eigenvalue weighted by Crippen LogP contribution is -2.21. The molecule has 0 aliphatic carbocycles. The first-order chi connectivity index (χ1) is 8.38. The predicted octanol–water partition coefficient (Wildman–Crippen LogP) is 2.05. The van der Waals surface area contributed by atoms with Crippen LogP contribution in [0.5, 0.6) is 0 Å². The molecule has 1 aromatic carbocycles. The topological polar surface area (TPSA) is 41.1 Å². The molecule has 1 saturated heterocycles. The van der Waals surface area contributed by atoms with Gasteiger partial charge in [-0.2, -0.15) is 13.2 Å². The largest absolute Gasteiger partial charge is 0.416 e. The molecule has 1 fully saturated rings. The standard InChI is InChI=1S/C11H7F3N2OS/c12-11(13,14)7-4-2-1-3-6(7)5-8-9(17)16-10(18)15-8/h1-5H,(H2,15,16,17,18)/b8-5-. The van der Waals surface area contributed by atoms with Crippen LogP contribution in [0, 0.1) is 0 Å². The number of hydrogen-bond donors (Lipinski definition) is 2. The Morgan fingerprint density at radius 1 is 1.17 bits per heavy atom. The number of carbonyl (C=O) groups excluding carboxylic acids is 1. The molecule has 7 heteroatoms. The Hall–Kier alpha value is -1.89. The molecule has 0 radical (unpaired) electrons. The normalized spacial score (nSPS) is 17.8. The van der Waals surface area contributed by atoms with E-state index < -0.39 is 17.6 Å². The van der Waals surface area contributed by atoms with Crippen LogP contribution in [0.2, 0.25) is 0 Å². The van der Waals surface area contributed by atoms with Crippen molar-refractivity contribution in [3.63, 3.8) is 0 Å². The summed E-state index contributed by atoms with van der Waals surface area (Å²) in [4.78, 5) is 11.3. The van der Waals surface area contributed by atoms with Crippen molar-refractivity contribution < 1.29 is 18.0 Å². The summed E-state index contributed by atoms with van der Waals surface area (Å²) in [6, 6.07) is 4.99. The summed E-state index contributed by atoms with van der Waals surface area (Å²) in [6.07, 6.45) is -3.35. The lowest BCUT2D eigenvalue weighted by Gasteiger charge is -2.10. The number of halogens is 3. The number of carbonyl (C=O) groups is 1. The summed E-state index contributed by atoms with van der Waals surface area (Å²) in [5.41, 5.74) is -0.894. The van der Waals surface area contributed by atoms with Crippen LogP contribution in [0.25, 0.3) is 6.08 Å². The van der Waals surface area contributed by atoms with Crippen LogP contribution in [-0.4, -0.2) is 11.0 Å². The third-order valence-electron chi connectivity index (χ3n) is 2.29. The minimum absolute atomic E-state index is 0.00306. The first kappa shape index (κ1) is 12.6. The van der Waals surface area contributed by atoms with Crippen molar-refractivity contribution in [3.8, 4) is 0 Å². The second-order valence-corrected chi connectivity index (χ2v) is 3.96. The van der Waals surface area contributed by atoms with Crippen LogP contribution < -0.4 is 10.6 Å². The minimum atomic E-state index is -4.47. The van der Waals surface area contributed by atoms with Gasteiger partial charge in [-0.3, -0.25) is 10.1 Å². The monoisotopic (exact) mass is 272 g/mol. The van der Waals surface area contributed by atoms with E-state index in [9.17, 15) is 18.0 Å². The Morgan fingerprint density at radius 3 is 2.39 bits per heavy atom. The van der Waals surface area contributed by atoms with Gasteiger partial charge in [0.2, 0.25) is 0 Å². The van der Waals surface area contributed by atoms with E-state index in [1.165, 1.54) is 18.2 Å². The Morgan fingerprint density at radius 2 is 1.83 bits per heavy atom. The third-order valence-corrected chi connectivity index (χ3v) is 2.49. The van der Waals surface area contributed by atoms with Gasteiger partial charge in [0.25, 0.3) is 5.91 Å². The highest BCUT2D eigenvalue weighted by Crippen LogP contribution is 2.32. The van der Waals surface area contributed by atoms with Crippen molar-refractivity contribution in [2.75, 3.05) is 0 Å². The molecule has 0 bridgehead atoms. The lowest BCUT2D eigenvalue weighted by atomic mass is 10.1. The zero-order chi connectivity index (χ0) is 13.3. The van der Waals surface area contributed by atoms with Crippen LogP contribution in [0.1, 0.15) is 11.1 Å². The molecule has 1 amide bonds. The summed E-state index contributed by atoms with van der Waals surface area (Å²) < 4.78 is 38.2. The summed E-state index contributed by atoms with van der Waals surface area (Å²) in [6.45, 7) is 0. The second-order valence-electron chi connectivity index (χ2n) is 3.55. The number of thiocarbonyl (C=S) groups is 1. The highest BCUT2D eigenvalue weighted by molar-refractivity contribution is 7.80. The van der Waals surface area contributed by atoms with Gasteiger partial charge in [0.1, 0.15) is 5.70 Å². The van der Waals surface area contributed by atoms with Crippen LogP contribution in [0.3, 0.4) is 0 Å². The fourth-order valence-electron chi connectivity index (χ4n) is 1.52. The fourth-order valence-corrected chi connectivity index (χ4v) is 1.72. The van der Waals surface area contributed by atoms with Crippen molar-refractivity contribution in [2.45, 2.75) is 6.18 Å². The molecule has 0 unspecified atom stereocenters. The third kappa shape index (κ3) is 2.51. The smallest absolute Gasteiger partial charge is 0.328 e. The molecular formula is C11H7F3N2OS. The zero-order valence-electron chi connectivity index (χ0n) is 8.84. The molecule has 2 rings (SSSR count). The van der Waals surface area contributed by atoms with E-state index in [0.717, 1.165) is 12.1 Å². The van der Waals surface area contributed by atoms with Crippen molar-refractivity contribution in [2.24, 2.45) is 0 Å². The van der Waals surface area contributed by atoms with E-state index in [1.54, 1.807) is 0 Å². The summed E-state index contributed by atoms with van der Waals surface area (Å²) in [7, 11) is 0. The van der Waals surface area contributed by atoms with Crippen LogP contribution in [0.15, 0.2) is 30.0 Å². The average Bonchev–Trinajstić information content (AvgIpc) is 2.57. The predicted molar refractivity (Wildman–Crippen MR) is 63.3 cm³/mol. The first-order valence-electron chi connectivity index (χ1n) is 4.88. The van der Waals surface area contributed by atoms with E-state index in [1.807, 2.05) is 0 Å². The van der Waals surface area contributed by atoms with E-state index in [2.05, 4.69) is 22.9 Å². The first-order valence-corrected chi connectivity index (χ1v) is 5.29. The molecule has 0 spiro atoms. The maximum atomic E-state index is 12.7. The zero-order valence-corrected chi connectivity index (χ0v) is 9.65. The van der Waals surface area contributed by atoms with E-state index in [-0.39, 0.29) is 16.4 Å². The summed E-state index contributed by atoms with van der Waals surface area (Å²) in [5, 5.41) is 4.85. The van der Waals surface area contributed by atoms with Gasteiger partial charge < -0.3 is 5.32 Å². The number of nitrogens with one attached hydrogen (secondary N) is 2. The molecule has 18 heavy (non-hydrogen) atoms. The van der Waals surface area contributed by atoms with Crippen LogP contribution in [-0.2, 0) is 11.0 Å². The molecule has 94 valence electrons. The van der Waals surface area contributed by atoms with Gasteiger partial charge in [-0.1, -0.05) is 18.2 Å². The quantitative estimate of drug-likeness (QED) is 0.607. The molecule has 0 saturated carbocycles. The number of rotatable bonds is 1. The molecule has 1 aliphatic heterocycles. The highest BCUT2D eigenvalue weighted by Gasteiger charge is 2.33. The molecule has 0 atom stereocenters. The van der Waals surface area contributed by atoms with E-state index in [0.29, 0.717) is 0 Å². The number of benzene rings is 1. The van der Waals surface area contributed by atoms with Crippen molar-refractivity contribution in [1.82, 2.24) is 10.6 Å². The minimum Gasteiger partial charge on any atom is -0.328 e. The maximum absolute atomic E-state index is 12.7. The van der Waals surface area contributed by atoms with Crippen molar-refractivity contribution >= 4 is 29.3 Å². The molecule has 2 N–H and O–H groups in total. The highest BCUT2D eigenvalue weighted by atomic mass is 32.1. The average molecular weight is 272 g/mol. The Balaban J connectivity index is 2.44. The summed E-state index contributed by atoms with van der Waals surface area (Å²) >= 11 is 4.69. The summed E-state index contributed by atoms with van der Waals surface area (Å²) in [5.74, 6) is -0.544. The molecule has 1 aliphatic rings. The second kappa shape index (κ2) is 4.41. The number of alkyl halides is 3. The maximum Gasteiger partial charge on any atom is 0.416 e. The van der Waals surface area contributed by atoms with Crippen LogP contribution in [0.4, 0.5) is 13.2 Å². The van der Waals surface area contributed by atoms with Gasteiger partial charge in [-0.15, -0.1) is 0 Å². The molecule has 3 nitrogen and oxygen atoms in total. The Bertz CT molecular complexity index is 551. The number of hydrogen-bond acceptors (Lipinski definition) is 2. The van der Waals surface area contributed by atoms with E-state index in [4.69, 9.17) is 0 Å². The molecule has 1 heterocycles. The van der Waals surface area contributed by atoms with Crippen molar-refractivity contribution in [1.29, 1.82) is 0 Å².